The van der Waals surface area contributed by atoms with Gasteiger partial charge >= 0.3 is 0 Å². The van der Waals surface area contributed by atoms with Crippen molar-refractivity contribution in [2.75, 3.05) is 5.32 Å². The first-order valence-corrected chi connectivity index (χ1v) is 7.16. The molecule has 0 aliphatic rings. The third-order valence-electron chi connectivity index (χ3n) is 3.68. The maximum Gasteiger partial charge on any atom is 0.157 e. The molecule has 2 unspecified atom stereocenters. The zero-order valence-electron chi connectivity index (χ0n) is 12.5. The van der Waals surface area contributed by atoms with Gasteiger partial charge in [0.25, 0.3) is 0 Å². The van der Waals surface area contributed by atoms with Gasteiger partial charge in [0.1, 0.15) is 0 Å². The van der Waals surface area contributed by atoms with E-state index < -0.39 is 5.54 Å². The van der Waals surface area contributed by atoms with Crippen LogP contribution in [0.4, 0.5) is 5.69 Å². The van der Waals surface area contributed by atoms with Gasteiger partial charge in [0.15, 0.2) is 5.54 Å². The van der Waals surface area contributed by atoms with Gasteiger partial charge in [0.05, 0.1) is 6.07 Å². The van der Waals surface area contributed by atoms with Crippen molar-refractivity contribution in [1.82, 2.24) is 0 Å². The van der Waals surface area contributed by atoms with E-state index in [-0.39, 0.29) is 5.92 Å². The van der Waals surface area contributed by atoms with E-state index in [0.29, 0.717) is 0 Å². The second-order valence-corrected chi connectivity index (χ2v) is 5.09. The third-order valence-corrected chi connectivity index (χ3v) is 3.68. The second kappa shape index (κ2) is 6.76. The van der Waals surface area contributed by atoms with E-state index in [0.717, 1.165) is 11.3 Å². The Morgan fingerprint density at radius 3 is 2.14 bits per heavy atom. The molecule has 0 saturated carbocycles. The highest BCUT2D eigenvalue weighted by Crippen LogP contribution is 2.34. The monoisotopic (exact) mass is 276 g/mol. The van der Waals surface area contributed by atoms with Crippen LogP contribution in [0, 0.1) is 17.2 Å². The number of rotatable bonds is 5. The molecular formula is C19H20N2. The Morgan fingerprint density at radius 2 is 1.62 bits per heavy atom. The predicted octanol–water partition coefficient (Wildman–Crippen LogP) is 4.73. The number of nitrogens with zero attached hydrogens (tertiary/aromatic N) is 1. The van der Waals surface area contributed by atoms with E-state index >= 15 is 0 Å². The van der Waals surface area contributed by atoms with Crippen LogP contribution in [-0.4, -0.2) is 0 Å². The largest absolute Gasteiger partial charge is 0.363 e. The Balaban J connectivity index is 2.50. The highest BCUT2D eigenvalue weighted by atomic mass is 15.0. The molecule has 2 heteroatoms. The molecule has 0 bridgehead atoms. The van der Waals surface area contributed by atoms with E-state index in [2.05, 4.69) is 24.4 Å². The number of allylic oxidation sites excluding steroid dienone is 1. The lowest BCUT2D eigenvalue weighted by molar-refractivity contribution is 0.489. The lowest BCUT2D eigenvalue weighted by Gasteiger charge is -2.34. The van der Waals surface area contributed by atoms with Crippen LogP contribution in [-0.2, 0) is 5.54 Å². The number of para-hydroxylation sites is 1. The molecule has 106 valence electrons. The molecule has 2 rings (SSSR count). The molecule has 21 heavy (non-hydrogen) atoms. The fourth-order valence-corrected chi connectivity index (χ4v) is 2.53. The van der Waals surface area contributed by atoms with E-state index in [1.165, 1.54) is 0 Å². The zero-order chi connectivity index (χ0) is 15.1. The van der Waals surface area contributed by atoms with Crippen LogP contribution >= 0.6 is 0 Å². The third kappa shape index (κ3) is 3.14. The van der Waals surface area contributed by atoms with Crippen molar-refractivity contribution in [2.45, 2.75) is 19.4 Å². The summed E-state index contributed by atoms with van der Waals surface area (Å²) in [5, 5.41) is 13.4. The molecule has 0 radical (unpaired) electrons. The Bertz CT molecular complexity index is 626. The van der Waals surface area contributed by atoms with Crippen molar-refractivity contribution in [3.63, 3.8) is 0 Å². The van der Waals surface area contributed by atoms with Gasteiger partial charge in [0.2, 0.25) is 0 Å². The van der Waals surface area contributed by atoms with Gasteiger partial charge in [-0.2, -0.15) is 5.26 Å². The predicted molar refractivity (Wildman–Crippen MR) is 87.8 cm³/mol. The SMILES string of the molecule is C/C=C/C(C)C(C#N)(Nc1ccccc1)c1ccccc1. The smallest absolute Gasteiger partial charge is 0.157 e. The van der Waals surface area contributed by atoms with Gasteiger partial charge < -0.3 is 5.32 Å². The number of nitrogens with one attached hydrogen (secondary N) is 1. The number of nitriles is 1. The van der Waals surface area contributed by atoms with Crippen molar-refractivity contribution < 1.29 is 0 Å². The fraction of sp³-hybridized carbons (Fsp3) is 0.211. The summed E-state index contributed by atoms with van der Waals surface area (Å²) in [6, 6.07) is 22.3. The van der Waals surface area contributed by atoms with E-state index in [9.17, 15) is 5.26 Å². The van der Waals surface area contributed by atoms with Crippen LogP contribution in [0.15, 0.2) is 72.8 Å². The Hall–Kier alpha value is -2.53. The molecule has 0 amide bonds. The van der Waals surface area contributed by atoms with Crippen molar-refractivity contribution in [1.29, 1.82) is 5.26 Å². The van der Waals surface area contributed by atoms with Gasteiger partial charge in [-0.1, -0.05) is 67.6 Å². The number of anilines is 1. The van der Waals surface area contributed by atoms with E-state index in [4.69, 9.17) is 0 Å². The molecule has 2 atom stereocenters. The lowest BCUT2D eigenvalue weighted by atomic mass is 9.79. The molecule has 2 nitrogen and oxygen atoms in total. The first kappa shape index (κ1) is 14.9. The number of benzene rings is 2. The van der Waals surface area contributed by atoms with Crippen molar-refractivity contribution in [2.24, 2.45) is 5.92 Å². The minimum Gasteiger partial charge on any atom is -0.363 e. The minimum atomic E-state index is -0.783. The van der Waals surface area contributed by atoms with Crippen LogP contribution in [0.25, 0.3) is 0 Å². The Morgan fingerprint density at radius 1 is 1.05 bits per heavy atom. The lowest BCUT2D eigenvalue weighted by Crippen LogP contribution is -2.39. The van der Waals surface area contributed by atoms with Crippen molar-refractivity contribution in [3.05, 3.63) is 78.4 Å². The molecule has 1 N–H and O–H groups in total. The summed E-state index contributed by atoms with van der Waals surface area (Å²) in [6.45, 7) is 4.04. The first-order chi connectivity index (χ1) is 10.2. The standard InChI is InChI=1S/C19H20N2/c1-3-10-16(2)19(15-20,17-11-6-4-7-12-17)21-18-13-8-5-9-14-18/h3-14,16,21H,1-2H3/b10-3+. The molecule has 2 aromatic rings. The normalized spacial score (nSPS) is 15.1. The summed E-state index contributed by atoms with van der Waals surface area (Å²) in [6.07, 6.45) is 4.05. The van der Waals surface area contributed by atoms with Crippen LogP contribution in [0.5, 0.6) is 0 Å². The molecule has 0 saturated heterocycles. The summed E-state index contributed by atoms with van der Waals surface area (Å²) in [7, 11) is 0. The fourth-order valence-electron chi connectivity index (χ4n) is 2.53. The molecular weight excluding hydrogens is 256 g/mol. The van der Waals surface area contributed by atoms with Crippen LogP contribution in [0.2, 0.25) is 0 Å². The molecule has 0 spiro atoms. The average molecular weight is 276 g/mol. The van der Waals surface area contributed by atoms with Crippen LogP contribution in [0.3, 0.4) is 0 Å². The molecule has 0 aliphatic heterocycles. The Labute approximate surface area is 126 Å². The summed E-state index contributed by atoms with van der Waals surface area (Å²) in [4.78, 5) is 0. The van der Waals surface area contributed by atoms with Crippen LogP contribution in [0.1, 0.15) is 19.4 Å². The van der Waals surface area contributed by atoms with Gasteiger partial charge in [-0.3, -0.25) is 0 Å². The quantitative estimate of drug-likeness (QED) is 0.801. The van der Waals surface area contributed by atoms with Crippen molar-refractivity contribution >= 4 is 5.69 Å². The van der Waals surface area contributed by atoms with Crippen LogP contribution < -0.4 is 5.32 Å². The second-order valence-electron chi connectivity index (χ2n) is 5.09. The van der Waals surface area contributed by atoms with E-state index in [1.54, 1.807) is 0 Å². The average Bonchev–Trinajstić information content (AvgIpc) is 2.54. The highest BCUT2D eigenvalue weighted by molar-refractivity contribution is 5.52. The van der Waals surface area contributed by atoms with Crippen molar-refractivity contribution in [3.8, 4) is 6.07 Å². The highest BCUT2D eigenvalue weighted by Gasteiger charge is 2.37. The van der Waals surface area contributed by atoms with Gasteiger partial charge in [0, 0.05) is 11.6 Å². The zero-order valence-corrected chi connectivity index (χ0v) is 12.5. The van der Waals surface area contributed by atoms with Gasteiger partial charge in [-0.15, -0.1) is 0 Å². The summed E-state index contributed by atoms with van der Waals surface area (Å²) >= 11 is 0. The summed E-state index contributed by atoms with van der Waals surface area (Å²) < 4.78 is 0. The molecule has 2 aromatic carbocycles. The van der Waals surface area contributed by atoms with Gasteiger partial charge in [-0.05, 0) is 24.6 Å². The molecule has 0 fully saturated rings. The number of hydrogen-bond donors (Lipinski definition) is 1. The Kier molecular flexibility index (Phi) is 4.79. The number of hydrogen-bond acceptors (Lipinski definition) is 2. The topological polar surface area (TPSA) is 35.8 Å². The van der Waals surface area contributed by atoms with E-state index in [1.807, 2.05) is 73.7 Å². The van der Waals surface area contributed by atoms with Gasteiger partial charge in [-0.25, -0.2) is 0 Å². The summed E-state index contributed by atoms with van der Waals surface area (Å²) in [5.74, 6) is 0.0371. The maximum absolute atomic E-state index is 9.94. The maximum atomic E-state index is 9.94. The molecule has 0 aromatic heterocycles. The summed E-state index contributed by atoms with van der Waals surface area (Å²) in [5.41, 5.74) is 1.14. The minimum absolute atomic E-state index is 0.0371. The molecule has 0 aliphatic carbocycles. The first-order valence-electron chi connectivity index (χ1n) is 7.16. The molecule has 0 heterocycles.